The molecule has 3 aromatic carbocycles. The molecule has 13 nitrogen and oxygen atoms in total. The number of benzene rings is 3. The number of hydrogen-bond acceptors (Lipinski definition) is 10. The SMILES string of the molecule is CCOc1cc([C@H]2C3=CC[C@@H]4C(=O)N(c5ccc([N+](=O)[O-])cc5)C(=O)[C@@H]4[C@@H]3C[C@H]3C(=O)N(Nc4ncc(C(F)(F)F)cc4Cl)C(=O)[C@@]23c2ccc(Cl)cc2)ccc1O. The van der Waals surface area contributed by atoms with E-state index in [9.17, 15) is 42.8 Å². The number of nitro benzene ring substituents is 1. The van der Waals surface area contributed by atoms with E-state index in [2.05, 4.69) is 10.4 Å². The van der Waals surface area contributed by atoms with E-state index in [1.807, 2.05) is 0 Å². The van der Waals surface area contributed by atoms with E-state index in [1.54, 1.807) is 49.4 Å². The number of carbonyl (C=O) groups excluding carboxylic acids is 4. The minimum atomic E-state index is -4.78. The smallest absolute Gasteiger partial charge is 0.417 e. The van der Waals surface area contributed by atoms with E-state index in [1.165, 1.54) is 30.3 Å². The highest BCUT2D eigenvalue weighted by atomic mass is 35.5. The predicted octanol–water partition coefficient (Wildman–Crippen LogP) is 7.61. The van der Waals surface area contributed by atoms with Crippen LogP contribution in [0, 0.1) is 33.8 Å². The fourth-order valence-electron chi connectivity index (χ4n) is 9.12. The number of hydrogen-bond donors (Lipinski definition) is 2. The van der Waals surface area contributed by atoms with Crippen LogP contribution in [-0.2, 0) is 30.8 Å². The molecule has 0 bridgehead atoms. The molecular formula is C40H30Cl2F3N5O8. The summed E-state index contributed by atoms with van der Waals surface area (Å²) in [4.78, 5) is 74.3. The molecule has 4 amide bonds. The summed E-state index contributed by atoms with van der Waals surface area (Å²) in [7, 11) is 0. The largest absolute Gasteiger partial charge is 0.504 e. The molecule has 298 valence electrons. The quantitative estimate of drug-likeness (QED) is 0.0779. The standard InChI is InChI=1S/C40H30Cl2F3N5O8/c1-2-58-31-15-19(3-14-30(31)51)33-25-12-13-26-32(37(54)48(35(26)52)23-8-10-24(11-9-23)50(56)57)27(25)17-28-36(53)49(38(55)39(28,33)20-4-6-22(41)7-5-20)47-34-29(42)16-21(18-46-34)40(43,44)45/h3-12,14-16,18,26-28,32-33,51H,2,13,17H2,1H3,(H,46,47)/t26-,27+,28-,32-,33-,39+/m0/s1. The molecule has 2 aliphatic heterocycles. The first-order valence-corrected chi connectivity index (χ1v) is 18.7. The van der Waals surface area contributed by atoms with Crippen LogP contribution in [0.5, 0.6) is 11.5 Å². The molecule has 2 aliphatic carbocycles. The molecule has 4 aromatic rings. The monoisotopic (exact) mass is 835 g/mol. The Labute approximate surface area is 337 Å². The number of pyridine rings is 1. The van der Waals surface area contributed by atoms with Crippen molar-refractivity contribution in [1.82, 2.24) is 9.99 Å². The maximum Gasteiger partial charge on any atom is 0.417 e. The Bertz CT molecular complexity index is 2450. The summed E-state index contributed by atoms with van der Waals surface area (Å²) in [5.74, 6) is -8.34. The highest BCUT2D eigenvalue weighted by Gasteiger charge is 2.70. The number of nitro groups is 1. The maximum atomic E-state index is 15.4. The van der Waals surface area contributed by atoms with Crippen LogP contribution in [0.25, 0.3) is 0 Å². The third kappa shape index (κ3) is 5.95. The summed E-state index contributed by atoms with van der Waals surface area (Å²) in [5.41, 5.74) is 0.808. The van der Waals surface area contributed by atoms with Gasteiger partial charge in [-0.15, -0.1) is 0 Å². The van der Waals surface area contributed by atoms with Crippen LogP contribution < -0.4 is 15.1 Å². The second-order valence-corrected chi connectivity index (χ2v) is 15.2. The summed E-state index contributed by atoms with van der Waals surface area (Å²) in [6, 6.07) is 16.4. The fourth-order valence-corrected chi connectivity index (χ4v) is 9.45. The van der Waals surface area contributed by atoms with Crippen molar-refractivity contribution in [2.24, 2.45) is 23.7 Å². The Kier molecular flexibility index (Phi) is 9.46. The van der Waals surface area contributed by atoms with Gasteiger partial charge in [0.15, 0.2) is 17.3 Å². The van der Waals surface area contributed by atoms with Gasteiger partial charge in [-0.2, -0.15) is 18.2 Å². The van der Waals surface area contributed by atoms with Crippen molar-refractivity contribution in [3.63, 3.8) is 0 Å². The first-order valence-electron chi connectivity index (χ1n) is 18.0. The summed E-state index contributed by atoms with van der Waals surface area (Å²) in [6.07, 6.45) is -2.55. The number of hydrazine groups is 1. The molecule has 4 aliphatic rings. The van der Waals surface area contributed by atoms with E-state index in [0.29, 0.717) is 39.0 Å². The number of aromatic hydroxyl groups is 1. The van der Waals surface area contributed by atoms with E-state index in [4.69, 9.17) is 27.9 Å². The Morgan fingerprint density at radius 3 is 2.33 bits per heavy atom. The molecule has 0 unspecified atom stereocenters. The van der Waals surface area contributed by atoms with Gasteiger partial charge < -0.3 is 9.84 Å². The Hall–Kier alpha value is -6.00. The van der Waals surface area contributed by atoms with Gasteiger partial charge in [-0.05, 0) is 79.3 Å². The third-order valence-electron chi connectivity index (χ3n) is 11.5. The number of carbonyl (C=O) groups is 4. The molecule has 18 heteroatoms. The van der Waals surface area contributed by atoms with Gasteiger partial charge in [0.2, 0.25) is 11.8 Å². The Morgan fingerprint density at radius 1 is 0.983 bits per heavy atom. The van der Waals surface area contributed by atoms with Gasteiger partial charge >= 0.3 is 6.18 Å². The lowest BCUT2D eigenvalue weighted by Gasteiger charge is -2.50. The topological polar surface area (TPSA) is 172 Å². The minimum absolute atomic E-state index is 0.0635. The van der Waals surface area contributed by atoms with Gasteiger partial charge in [-0.3, -0.25) is 39.6 Å². The van der Waals surface area contributed by atoms with E-state index in [-0.39, 0.29) is 42.3 Å². The van der Waals surface area contributed by atoms with Crippen LogP contribution in [0.15, 0.2) is 90.6 Å². The van der Waals surface area contributed by atoms with Gasteiger partial charge in [0, 0.05) is 29.3 Å². The zero-order valence-electron chi connectivity index (χ0n) is 30.1. The molecule has 1 aromatic heterocycles. The zero-order valence-corrected chi connectivity index (χ0v) is 31.6. The van der Waals surface area contributed by atoms with Crippen molar-refractivity contribution in [1.29, 1.82) is 0 Å². The van der Waals surface area contributed by atoms with Gasteiger partial charge in [-0.25, -0.2) is 4.98 Å². The van der Waals surface area contributed by atoms with Gasteiger partial charge in [0.1, 0.15) is 0 Å². The maximum absolute atomic E-state index is 15.4. The molecule has 3 heterocycles. The number of nitrogens with one attached hydrogen (secondary N) is 1. The number of amides is 4. The van der Waals surface area contributed by atoms with E-state index >= 15 is 4.79 Å². The number of imide groups is 2. The van der Waals surface area contributed by atoms with Crippen molar-refractivity contribution in [3.05, 3.63) is 127 Å². The van der Waals surface area contributed by atoms with Crippen molar-refractivity contribution >= 4 is 64.0 Å². The lowest BCUT2D eigenvalue weighted by atomic mass is 9.49. The number of rotatable bonds is 8. The van der Waals surface area contributed by atoms with E-state index < -0.39 is 86.1 Å². The lowest BCUT2D eigenvalue weighted by Crippen LogP contribution is -2.53. The van der Waals surface area contributed by atoms with Crippen LogP contribution in [0.4, 0.5) is 30.4 Å². The first kappa shape index (κ1) is 38.9. The number of alkyl halides is 3. The van der Waals surface area contributed by atoms with Crippen molar-refractivity contribution < 1.29 is 47.1 Å². The number of halogens is 5. The summed E-state index contributed by atoms with van der Waals surface area (Å²) in [6.45, 7) is 1.87. The second kappa shape index (κ2) is 14.1. The second-order valence-electron chi connectivity index (χ2n) is 14.4. The molecule has 1 saturated carbocycles. The van der Waals surface area contributed by atoms with Gasteiger partial charge in [0.05, 0.1) is 51.0 Å². The van der Waals surface area contributed by atoms with Crippen LogP contribution in [0.3, 0.4) is 0 Å². The number of anilines is 2. The summed E-state index contributed by atoms with van der Waals surface area (Å²) >= 11 is 12.6. The number of ether oxygens (including phenoxy) is 1. The highest BCUT2D eigenvalue weighted by Crippen LogP contribution is 2.64. The van der Waals surface area contributed by atoms with Crippen LogP contribution in [0.1, 0.15) is 42.4 Å². The number of phenols is 1. The average molecular weight is 837 g/mol. The predicted molar refractivity (Wildman–Crippen MR) is 202 cm³/mol. The molecule has 0 spiro atoms. The molecule has 0 radical (unpaired) electrons. The molecule has 6 atom stereocenters. The summed E-state index contributed by atoms with van der Waals surface area (Å²) in [5, 5.41) is 22.6. The molecule has 2 N–H and O–H groups in total. The zero-order chi connectivity index (χ0) is 41.4. The van der Waals surface area contributed by atoms with Crippen LogP contribution >= 0.6 is 23.2 Å². The normalized spacial score (nSPS) is 25.3. The van der Waals surface area contributed by atoms with Crippen LogP contribution in [0.2, 0.25) is 10.0 Å². The first-order chi connectivity index (χ1) is 27.6. The molecule has 58 heavy (non-hydrogen) atoms. The summed E-state index contributed by atoms with van der Waals surface area (Å²) < 4.78 is 46.3. The number of aromatic nitrogens is 1. The van der Waals surface area contributed by atoms with Crippen LogP contribution in [-0.4, -0.2) is 50.3 Å². The fraction of sp³-hybridized carbons (Fsp3) is 0.275. The molecule has 2 saturated heterocycles. The van der Waals surface area contributed by atoms with Gasteiger partial charge in [0.25, 0.3) is 17.5 Å². The average Bonchev–Trinajstić information content (AvgIpc) is 3.57. The number of phenolic OH excluding ortho intramolecular Hbond substituents is 1. The van der Waals surface area contributed by atoms with Gasteiger partial charge in [-0.1, -0.05) is 53.1 Å². The molecule has 3 fully saturated rings. The third-order valence-corrected chi connectivity index (χ3v) is 12.0. The molecular weight excluding hydrogens is 806 g/mol. The highest BCUT2D eigenvalue weighted by molar-refractivity contribution is 6.33. The van der Waals surface area contributed by atoms with Crippen molar-refractivity contribution in [3.8, 4) is 11.5 Å². The Morgan fingerprint density at radius 2 is 1.69 bits per heavy atom. The Balaban J connectivity index is 1.30. The minimum Gasteiger partial charge on any atom is -0.504 e. The number of nitrogens with zero attached hydrogens (tertiary/aromatic N) is 4. The van der Waals surface area contributed by atoms with Crippen molar-refractivity contribution in [2.75, 3.05) is 16.9 Å². The number of allylic oxidation sites excluding steroid dienone is 2. The molecule has 8 rings (SSSR count). The van der Waals surface area contributed by atoms with E-state index in [0.717, 1.165) is 4.90 Å². The number of non-ortho nitro benzene ring substituents is 1. The number of fused-ring (bicyclic) bond motifs is 4. The lowest BCUT2D eigenvalue weighted by molar-refractivity contribution is -0.384. The van der Waals surface area contributed by atoms with Crippen molar-refractivity contribution in [2.45, 2.75) is 37.3 Å².